The van der Waals surface area contributed by atoms with Crippen LogP contribution in [-0.4, -0.2) is 20.9 Å². The van der Waals surface area contributed by atoms with Gasteiger partial charge in [-0.25, -0.2) is 4.79 Å². The fourth-order valence-corrected chi connectivity index (χ4v) is 1.05. The first-order valence-corrected chi connectivity index (χ1v) is 4.19. The molecule has 0 aromatic carbocycles. The van der Waals surface area contributed by atoms with Crippen LogP contribution < -0.4 is 0 Å². The number of carbonyl (C=O) groups is 1. The number of hydrogen-bond donors (Lipinski definition) is 1. The van der Waals surface area contributed by atoms with Crippen molar-refractivity contribution in [3.63, 3.8) is 0 Å². The van der Waals surface area contributed by atoms with Gasteiger partial charge in [-0.3, -0.25) is 4.68 Å². The lowest BCUT2D eigenvalue weighted by Gasteiger charge is -2.18. The van der Waals surface area contributed by atoms with Gasteiger partial charge in [0.1, 0.15) is 0 Å². The first-order valence-electron chi connectivity index (χ1n) is 3.81. The highest BCUT2D eigenvalue weighted by Gasteiger charge is 2.20. The first kappa shape index (κ1) is 10.1. The molecule has 0 aliphatic rings. The minimum Gasteiger partial charge on any atom is -0.476 e. The van der Waals surface area contributed by atoms with Crippen molar-refractivity contribution in [3.8, 4) is 0 Å². The van der Waals surface area contributed by atoms with Gasteiger partial charge in [0, 0.05) is 6.20 Å². The highest BCUT2D eigenvalue weighted by Crippen LogP contribution is 2.19. The van der Waals surface area contributed by atoms with E-state index in [0.29, 0.717) is 0 Å². The number of carboxylic acids is 1. The second-order valence-electron chi connectivity index (χ2n) is 3.75. The summed E-state index contributed by atoms with van der Waals surface area (Å²) < 4.78 is 1.54. The third-order valence-electron chi connectivity index (χ3n) is 1.56. The van der Waals surface area contributed by atoms with Crippen LogP contribution in [-0.2, 0) is 5.54 Å². The van der Waals surface area contributed by atoms with Gasteiger partial charge in [-0.05, 0) is 20.8 Å². The van der Waals surface area contributed by atoms with Gasteiger partial charge in [0.05, 0.1) is 10.6 Å². The highest BCUT2D eigenvalue weighted by atomic mass is 35.5. The van der Waals surface area contributed by atoms with Crippen LogP contribution in [0.2, 0.25) is 5.02 Å². The molecule has 0 unspecified atom stereocenters. The summed E-state index contributed by atoms with van der Waals surface area (Å²) in [5, 5.41) is 12.7. The van der Waals surface area contributed by atoms with E-state index >= 15 is 0 Å². The lowest BCUT2D eigenvalue weighted by molar-refractivity contribution is 0.0689. The minimum absolute atomic E-state index is 0.100. The van der Waals surface area contributed by atoms with Gasteiger partial charge in [-0.15, -0.1) is 0 Å². The number of aromatic carboxylic acids is 1. The number of aromatic nitrogens is 2. The van der Waals surface area contributed by atoms with Gasteiger partial charge < -0.3 is 5.11 Å². The summed E-state index contributed by atoms with van der Waals surface area (Å²) in [6.45, 7) is 5.76. The predicted octanol–water partition coefficient (Wildman–Crippen LogP) is 1.99. The van der Waals surface area contributed by atoms with E-state index in [9.17, 15) is 4.79 Å². The van der Waals surface area contributed by atoms with E-state index in [1.807, 2.05) is 20.8 Å². The standard InChI is InChI=1S/C8H11ClN2O2/c1-8(2,3)11-4-5(9)6(10-11)7(12)13/h4H,1-3H3,(H,12,13). The van der Waals surface area contributed by atoms with Crippen LogP contribution in [0, 0.1) is 0 Å². The molecule has 1 aromatic heterocycles. The maximum atomic E-state index is 10.6. The Morgan fingerprint density at radius 2 is 2.15 bits per heavy atom. The van der Waals surface area contributed by atoms with Crippen LogP contribution >= 0.6 is 11.6 Å². The number of rotatable bonds is 1. The zero-order chi connectivity index (χ0) is 10.2. The molecule has 0 spiro atoms. The molecule has 0 bridgehead atoms. The highest BCUT2D eigenvalue weighted by molar-refractivity contribution is 6.33. The Morgan fingerprint density at radius 1 is 1.62 bits per heavy atom. The Hall–Kier alpha value is -1.03. The van der Waals surface area contributed by atoms with Crippen molar-refractivity contribution in [1.82, 2.24) is 9.78 Å². The molecule has 1 heterocycles. The van der Waals surface area contributed by atoms with Gasteiger partial charge in [-0.1, -0.05) is 11.6 Å². The molecule has 0 saturated heterocycles. The Kier molecular flexibility index (Phi) is 2.34. The summed E-state index contributed by atoms with van der Waals surface area (Å²) in [7, 11) is 0. The molecule has 0 aliphatic carbocycles. The van der Waals surface area contributed by atoms with Gasteiger partial charge in [0.15, 0.2) is 5.69 Å². The van der Waals surface area contributed by atoms with Crippen LogP contribution in [0.25, 0.3) is 0 Å². The van der Waals surface area contributed by atoms with Crippen molar-refractivity contribution >= 4 is 17.6 Å². The number of carboxylic acid groups (broad SMARTS) is 1. The molecular formula is C8H11ClN2O2. The second-order valence-corrected chi connectivity index (χ2v) is 4.15. The van der Waals surface area contributed by atoms with Crippen molar-refractivity contribution < 1.29 is 9.90 Å². The Labute approximate surface area is 81.1 Å². The molecule has 72 valence electrons. The third-order valence-corrected chi connectivity index (χ3v) is 1.84. The second kappa shape index (κ2) is 3.03. The molecule has 1 N–H and O–H groups in total. The van der Waals surface area contributed by atoms with E-state index in [4.69, 9.17) is 16.7 Å². The number of halogens is 1. The molecule has 0 atom stereocenters. The van der Waals surface area contributed by atoms with Crippen molar-refractivity contribution in [3.05, 3.63) is 16.9 Å². The Morgan fingerprint density at radius 3 is 2.38 bits per heavy atom. The first-order chi connectivity index (χ1) is 5.82. The fourth-order valence-electron chi connectivity index (χ4n) is 0.841. The Bertz CT molecular complexity index is 338. The largest absolute Gasteiger partial charge is 0.476 e. The van der Waals surface area contributed by atoms with E-state index in [0.717, 1.165) is 0 Å². The smallest absolute Gasteiger partial charge is 0.357 e. The summed E-state index contributed by atoms with van der Waals surface area (Å²) in [5.74, 6) is -1.10. The van der Waals surface area contributed by atoms with Gasteiger partial charge in [0.2, 0.25) is 0 Å². The molecule has 5 heteroatoms. The molecule has 4 nitrogen and oxygen atoms in total. The van der Waals surface area contributed by atoms with Crippen molar-refractivity contribution in [2.45, 2.75) is 26.3 Å². The monoisotopic (exact) mass is 202 g/mol. The van der Waals surface area contributed by atoms with Crippen molar-refractivity contribution in [2.24, 2.45) is 0 Å². The quantitative estimate of drug-likeness (QED) is 0.758. The molecular weight excluding hydrogens is 192 g/mol. The van der Waals surface area contributed by atoms with Crippen LogP contribution in [0.1, 0.15) is 31.3 Å². The summed E-state index contributed by atoms with van der Waals surface area (Å²) in [6, 6.07) is 0. The zero-order valence-electron chi connectivity index (χ0n) is 7.71. The van der Waals surface area contributed by atoms with E-state index in [1.54, 1.807) is 4.68 Å². The van der Waals surface area contributed by atoms with Crippen molar-refractivity contribution in [1.29, 1.82) is 0 Å². The average molecular weight is 203 g/mol. The molecule has 0 radical (unpaired) electrons. The summed E-state index contributed by atoms with van der Waals surface area (Å²) in [4.78, 5) is 10.6. The maximum absolute atomic E-state index is 10.6. The molecule has 0 aliphatic heterocycles. The maximum Gasteiger partial charge on any atom is 0.357 e. The minimum atomic E-state index is -1.10. The van der Waals surface area contributed by atoms with E-state index in [1.165, 1.54) is 6.20 Å². The third kappa shape index (κ3) is 2.01. The predicted molar refractivity (Wildman–Crippen MR) is 49.2 cm³/mol. The van der Waals surface area contributed by atoms with Crippen LogP contribution in [0.5, 0.6) is 0 Å². The lowest BCUT2D eigenvalue weighted by atomic mass is 10.1. The molecule has 0 fully saturated rings. The zero-order valence-corrected chi connectivity index (χ0v) is 8.46. The van der Waals surface area contributed by atoms with Gasteiger partial charge in [-0.2, -0.15) is 5.10 Å². The van der Waals surface area contributed by atoms with Crippen molar-refractivity contribution in [2.75, 3.05) is 0 Å². The fraction of sp³-hybridized carbons (Fsp3) is 0.500. The topological polar surface area (TPSA) is 55.1 Å². The van der Waals surface area contributed by atoms with E-state index < -0.39 is 5.97 Å². The Balaban J connectivity index is 3.17. The average Bonchev–Trinajstić information content (AvgIpc) is 2.29. The summed E-state index contributed by atoms with van der Waals surface area (Å²) in [6.07, 6.45) is 1.52. The van der Waals surface area contributed by atoms with Crippen LogP contribution in [0.3, 0.4) is 0 Å². The van der Waals surface area contributed by atoms with Gasteiger partial charge >= 0.3 is 5.97 Å². The molecule has 1 aromatic rings. The van der Waals surface area contributed by atoms with Gasteiger partial charge in [0.25, 0.3) is 0 Å². The SMILES string of the molecule is CC(C)(C)n1cc(Cl)c(C(=O)O)n1. The normalized spacial score (nSPS) is 11.7. The number of hydrogen-bond acceptors (Lipinski definition) is 2. The summed E-state index contributed by atoms with van der Waals surface area (Å²) in [5.41, 5.74) is -0.353. The summed E-state index contributed by atoms with van der Waals surface area (Å²) >= 11 is 5.68. The molecule has 1 rings (SSSR count). The molecule has 0 saturated carbocycles. The lowest BCUT2D eigenvalue weighted by Crippen LogP contribution is -2.22. The van der Waals surface area contributed by atoms with E-state index in [-0.39, 0.29) is 16.3 Å². The molecule has 13 heavy (non-hydrogen) atoms. The molecule has 0 amide bonds. The van der Waals surface area contributed by atoms with Crippen LogP contribution in [0.4, 0.5) is 0 Å². The number of nitrogens with zero attached hydrogens (tertiary/aromatic N) is 2. The van der Waals surface area contributed by atoms with E-state index in [2.05, 4.69) is 5.10 Å². The van der Waals surface area contributed by atoms with Crippen LogP contribution in [0.15, 0.2) is 6.20 Å².